The summed E-state index contributed by atoms with van der Waals surface area (Å²) in [5.74, 6) is 0. The first-order valence-electron chi connectivity index (χ1n) is 4.01. The minimum absolute atomic E-state index is 0.462. The molecule has 6 heteroatoms. The van der Waals surface area contributed by atoms with Gasteiger partial charge in [0, 0.05) is 4.88 Å². The number of rotatable bonds is 4. The summed E-state index contributed by atoms with van der Waals surface area (Å²) in [6, 6.07) is 4.67. The van der Waals surface area contributed by atoms with Crippen molar-refractivity contribution >= 4 is 29.1 Å². The number of nitrogens with zero attached hydrogens (tertiary/aromatic N) is 2. The molecule has 0 bridgehead atoms. The smallest absolute Gasteiger partial charge is 0.315 e. The lowest BCUT2D eigenvalue weighted by Crippen LogP contribution is -1.97. The average molecular weight is 227 g/mol. The summed E-state index contributed by atoms with van der Waals surface area (Å²) in [5.41, 5.74) is 0. The number of hydrogen-bond acceptors (Lipinski definition) is 6. The second-order valence-corrected chi connectivity index (χ2v) is 4.80. The number of thiophene rings is 1. The molecule has 0 radical (unpaired) electrons. The SMILES string of the molecule is CSc1ccc(CNc2nnco2)s1. The summed E-state index contributed by atoms with van der Waals surface area (Å²) >= 11 is 3.52. The molecule has 0 spiro atoms. The highest BCUT2D eigenvalue weighted by molar-refractivity contribution is 8.00. The van der Waals surface area contributed by atoms with E-state index < -0.39 is 0 Å². The average Bonchev–Trinajstić information content (AvgIpc) is 2.86. The normalized spacial score (nSPS) is 10.4. The molecule has 2 rings (SSSR count). The molecule has 0 amide bonds. The van der Waals surface area contributed by atoms with Gasteiger partial charge in [-0.1, -0.05) is 5.10 Å². The van der Waals surface area contributed by atoms with Gasteiger partial charge in [-0.15, -0.1) is 28.2 Å². The molecule has 14 heavy (non-hydrogen) atoms. The molecule has 0 fully saturated rings. The Labute approximate surface area is 89.7 Å². The summed E-state index contributed by atoms with van der Waals surface area (Å²) in [7, 11) is 0. The molecule has 0 atom stereocenters. The zero-order chi connectivity index (χ0) is 9.80. The Morgan fingerprint density at radius 3 is 3.14 bits per heavy atom. The van der Waals surface area contributed by atoms with Crippen molar-refractivity contribution in [1.82, 2.24) is 10.2 Å². The molecule has 0 unspecified atom stereocenters. The zero-order valence-corrected chi connectivity index (χ0v) is 9.19. The fourth-order valence-electron chi connectivity index (χ4n) is 0.976. The van der Waals surface area contributed by atoms with Gasteiger partial charge in [0.2, 0.25) is 6.39 Å². The number of aromatic nitrogens is 2. The lowest BCUT2D eigenvalue weighted by molar-refractivity contribution is 0.565. The second-order valence-electron chi connectivity index (χ2n) is 2.52. The van der Waals surface area contributed by atoms with Crippen molar-refractivity contribution in [3.63, 3.8) is 0 Å². The van der Waals surface area contributed by atoms with Crippen LogP contribution in [-0.4, -0.2) is 16.5 Å². The molecule has 4 nitrogen and oxygen atoms in total. The van der Waals surface area contributed by atoms with E-state index in [0.29, 0.717) is 6.01 Å². The van der Waals surface area contributed by atoms with Crippen molar-refractivity contribution in [1.29, 1.82) is 0 Å². The molecule has 0 aliphatic heterocycles. The fourth-order valence-corrected chi connectivity index (χ4v) is 2.51. The minimum Gasteiger partial charge on any atom is -0.411 e. The predicted molar refractivity (Wildman–Crippen MR) is 57.7 cm³/mol. The molecule has 2 heterocycles. The Hall–Kier alpha value is -1.01. The van der Waals surface area contributed by atoms with Crippen LogP contribution in [0.15, 0.2) is 27.2 Å². The van der Waals surface area contributed by atoms with Crippen LogP contribution in [0.25, 0.3) is 0 Å². The van der Waals surface area contributed by atoms with Crippen LogP contribution in [0.3, 0.4) is 0 Å². The first-order chi connectivity index (χ1) is 6.88. The van der Waals surface area contributed by atoms with E-state index in [1.54, 1.807) is 23.1 Å². The Morgan fingerprint density at radius 1 is 1.57 bits per heavy atom. The lowest BCUT2D eigenvalue weighted by Gasteiger charge is -1.96. The van der Waals surface area contributed by atoms with Crippen molar-refractivity contribution in [3.8, 4) is 0 Å². The van der Waals surface area contributed by atoms with E-state index in [-0.39, 0.29) is 0 Å². The van der Waals surface area contributed by atoms with Crippen LogP contribution in [0.5, 0.6) is 0 Å². The third-order valence-corrected chi connectivity index (χ3v) is 3.78. The number of anilines is 1. The van der Waals surface area contributed by atoms with Crippen LogP contribution in [0.4, 0.5) is 6.01 Å². The van der Waals surface area contributed by atoms with E-state index >= 15 is 0 Å². The molecular formula is C8H9N3OS2. The molecule has 0 saturated carbocycles. The van der Waals surface area contributed by atoms with Crippen LogP contribution in [0.1, 0.15) is 4.88 Å². The molecular weight excluding hydrogens is 218 g/mol. The van der Waals surface area contributed by atoms with Crippen molar-refractivity contribution in [3.05, 3.63) is 23.4 Å². The van der Waals surface area contributed by atoms with Gasteiger partial charge < -0.3 is 9.73 Å². The summed E-state index contributed by atoms with van der Waals surface area (Å²) in [6.07, 6.45) is 3.38. The van der Waals surface area contributed by atoms with Crippen molar-refractivity contribution in [2.45, 2.75) is 10.8 Å². The van der Waals surface area contributed by atoms with E-state index in [9.17, 15) is 0 Å². The fraction of sp³-hybridized carbons (Fsp3) is 0.250. The first kappa shape index (κ1) is 9.54. The first-order valence-corrected chi connectivity index (χ1v) is 6.05. The quantitative estimate of drug-likeness (QED) is 0.813. The van der Waals surface area contributed by atoms with Gasteiger partial charge in [0.15, 0.2) is 0 Å². The summed E-state index contributed by atoms with van der Waals surface area (Å²) in [4.78, 5) is 1.26. The highest BCUT2D eigenvalue weighted by atomic mass is 32.2. The van der Waals surface area contributed by atoms with Crippen LogP contribution < -0.4 is 5.32 Å². The van der Waals surface area contributed by atoms with Crippen molar-refractivity contribution in [2.24, 2.45) is 0 Å². The highest BCUT2D eigenvalue weighted by Gasteiger charge is 2.01. The van der Waals surface area contributed by atoms with Crippen molar-refractivity contribution in [2.75, 3.05) is 11.6 Å². The predicted octanol–water partition coefficient (Wildman–Crippen LogP) is 2.47. The van der Waals surface area contributed by atoms with E-state index in [1.165, 1.54) is 15.5 Å². The van der Waals surface area contributed by atoms with Crippen LogP contribution in [-0.2, 0) is 6.54 Å². The van der Waals surface area contributed by atoms with Gasteiger partial charge in [-0.3, -0.25) is 0 Å². The zero-order valence-electron chi connectivity index (χ0n) is 7.56. The number of nitrogens with one attached hydrogen (secondary N) is 1. The van der Waals surface area contributed by atoms with Gasteiger partial charge >= 0.3 is 6.01 Å². The maximum atomic E-state index is 4.95. The van der Waals surface area contributed by atoms with Crippen LogP contribution in [0.2, 0.25) is 0 Å². The van der Waals surface area contributed by atoms with Gasteiger partial charge in [-0.2, -0.15) is 0 Å². The molecule has 0 aliphatic carbocycles. The maximum Gasteiger partial charge on any atom is 0.315 e. The number of hydrogen-bond donors (Lipinski definition) is 1. The monoisotopic (exact) mass is 227 g/mol. The van der Waals surface area contributed by atoms with Gasteiger partial charge in [-0.05, 0) is 18.4 Å². The molecule has 1 N–H and O–H groups in total. The molecule has 0 saturated heterocycles. The van der Waals surface area contributed by atoms with E-state index in [2.05, 4.69) is 33.9 Å². The lowest BCUT2D eigenvalue weighted by atomic mass is 10.5. The largest absolute Gasteiger partial charge is 0.411 e. The molecule has 0 aromatic carbocycles. The molecule has 74 valence electrons. The molecule has 2 aromatic heterocycles. The molecule has 0 aliphatic rings. The Morgan fingerprint density at radius 2 is 2.50 bits per heavy atom. The van der Waals surface area contributed by atoms with Crippen LogP contribution >= 0.6 is 23.1 Å². The summed E-state index contributed by atoms with van der Waals surface area (Å²) in [5, 5.41) is 10.3. The highest BCUT2D eigenvalue weighted by Crippen LogP contribution is 2.25. The van der Waals surface area contributed by atoms with Crippen LogP contribution in [0, 0.1) is 0 Å². The summed E-state index contributed by atoms with van der Waals surface area (Å²) in [6.45, 7) is 0.730. The van der Waals surface area contributed by atoms with E-state index in [0.717, 1.165) is 6.54 Å². The third-order valence-electron chi connectivity index (χ3n) is 1.61. The minimum atomic E-state index is 0.462. The van der Waals surface area contributed by atoms with Gasteiger partial charge in [0.25, 0.3) is 0 Å². The summed E-state index contributed by atoms with van der Waals surface area (Å²) < 4.78 is 6.27. The second kappa shape index (κ2) is 4.47. The Bertz CT molecular complexity index is 385. The van der Waals surface area contributed by atoms with E-state index in [4.69, 9.17) is 4.42 Å². The third kappa shape index (κ3) is 2.27. The van der Waals surface area contributed by atoms with Gasteiger partial charge in [0.05, 0.1) is 10.8 Å². The standard InChI is InChI=1S/C8H9N3OS2/c1-13-7-3-2-6(14-7)4-9-8-11-10-5-12-8/h2-3,5H,4H2,1H3,(H,9,11). The molecule has 2 aromatic rings. The number of thioether (sulfide) groups is 1. The Kier molecular flexibility index (Phi) is 3.05. The van der Waals surface area contributed by atoms with E-state index in [1.807, 2.05) is 0 Å². The van der Waals surface area contributed by atoms with Gasteiger partial charge in [0.1, 0.15) is 0 Å². The van der Waals surface area contributed by atoms with Gasteiger partial charge in [-0.25, -0.2) is 0 Å². The maximum absolute atomic E-state index is 4.95. The van der Waals surface area contributed by atoms with Crippen molar-refractivity contribution < 1.29 is 4.42 Å². The topological polar surface area (TPSA) is 51.0 Å². The Balaban J connectivity index is 1.92.